The predicted octanol–water partition coefficient (Wildman–Crippen LogP) is 3.32. The van der Waals surface area contributed by atoms with Gasteiger partial charge in [0.25, 0.3) is 0 Å². The van der Waals surface area contributed by atoms with Gasteiger partial charge in [0.1, 0.15) is 6.04 Å². The van der Waals surface area contributed by atoms with Gasteiger partial charge in [-0.1, -0.05) is 36.3 Å². The number of carbonyl (C=O) groups excluding carboxylic acids is 1. The summed E-state index contributed by atoms with van der Waals surface area (Å²) in [5, 5.41) is 14.9. The molecule has 1 atom stereocenters. The average molecular weight is 328 g/mol. The molecule has 2 rings (SSSR count). The van der Waals surface area contributed by atoms with Gasteiger partial charge in [-0.15, -0.1) is 0 Å². The Labute approximate surface area is 130 Å². The van der Waals surface area contributed by atoms with E-state index < -0.39 is 18.0 Å². The van der Waals surface area contributed by atoms with Crippen molar-refractivity contribution in [1.29, 1.82) is 0 Å². The van der Waals surface area contributed by atoms with Gasteiger partial charge in [-0.3, -0.25) is 5.32 Å². The maximum Gasteiger partial charge on any atom is 0.326 e. The molecule has 0 saturated carbocycles. The number of benzene rings is 1. The van der Waals surface area contributed by atoms with Crippen LogP contribution in [-0.2, 0) is 4.79 Å². The van der Waals surface area contributed by atoms with E-state index >= 15 is 0 Å². The fourth-order valence-electron chi connectivity index (χ4n) is 1.79. The number of hydrogen-bond acceptors (Lipinski definition) is 4. The molecule has 112 valence electrons. The van der Waals surface area contributed by atoms with Crippen LogP contribution in [0.2, 0.25) is 5.02 Å². The van der Waals surface area contributed by atoms with Crippen LogP contribution in [0, 0.1) is 0 Å². The van der Waals surface area contributed by atoms with E-state index in [1.165, 1.54) is 11.3 Å². The highest BCUT2D eigenvalue weighted by Crippen LogP contribution is 2.28. The first-order chi connectivity index (χ1) is 9.99. The topological polar surface area (TPSA) is 91.3 Å². The third kappa shape index (κ3) is 4.05. The number of halogens is 1. The van der Waals surface area contributed by atoms with Crippen molar-refractivity contribution in [3.05, 3.63) is 23.2 Å². The number of anilines is 1. The number of hydrogen-bond donors (Lipinski definition) is 3. The molecule has 1 aromatic carbocycles. The second kappa shape index (κ2) is 6.73. The summed E-state index contributed by atoms with van der Waals surface area (Å²) in [6, 6.07) is 3.75. The maximum absolute atomic E-state index is 11.8. The van der Waals surface area contributed by atoms with Crippen LogP contribution in [0.25, 0.3) is 10.2 Å². The molecule has 8 heteroatoms. The highest BCUT2D eigenvalue weighted by atomic mass is 35.5. The summed E-state index contributed by atoms with van der Waals surface area (Å²) in [4.78, 5) is 27.0. The molecule has 0 spiro atoms. The highest BCUT2D eigenvalue weighted by molar-refractivity contribution is 7.22. The first-order valence-corrected chi connectivity index (χ1v) is 7.55. The van der Waals surface area contributed by atoms with Crippen molar-refractivity contribution >= 4 is 50.3 Å². The number of rotatable bonds is 5. The summed E-state index contributed by atoms with van der Waals surface area (Å²) in [6.07, 6.45) is 1.04. The molecule has 0 fully saturated rings. The quantitative estimate of drug-likeness (QED) is 0.785. The number of nitrogens with zero attached hydrogens (tertiary/aromatic N) is 1. The summed E-state index contributed by atoms with van der Waals surface area (Å²) in [5.41, 5.74) is 0.725. The van der Waals surface area contributed by atoms with Gasteiger partial charge >= 0.3 is 12.0 Å². The third-order valence-electron chi connectivity index (χ3n) is 2.75. The molecule has 2 aromatic rings. The van der Waals surface area contributed by atoms with Crippen molar-refractivity contribution in [2.24, 2.45) is 0 Å². The molecule has 3 N–H and O–H groups in total. The van der Waals surface area contributed by atoms with Gasteiger partial charge in [-0.25, -0.2) is 14.6 Å². The lowest BCUT2D eigenvalue weighted by Gasteiger charge is -2.13. The molecule has 1 aromatic heterocycles. The van der Waals surface area contributed by atoms with Gasteiger partial charge < -0.3 is 10.4 Å². The average Bonchev–Trinajstić information content (AvgIpc) is 2.79. The fraction of sp³-hybridized carbons (Fsp3) is 0.308. The van der Waals surface area contributed by atoms with E-state index in [1.54, 1.807) is 18.2 Å². The molecule has 0 bridgehead atoms. The standard InChI is InChI=1S/C13H14ClN3O3S/c1-2-3-9(11(18)19)15-12(20)17-13-16-8-5-4-7(14)6-10(8)21-13/h4-6,9H,2-3H2,1H3,(H,18,19)(H2,15,16,17,20)/t9-/m1/s1. The lowest BCUT2D eigenvalue weighted by molar-refractivity contribution is -0.139. The van der Waals surface area contributed by atoms with Crippen LogP contribution >= 0.6 is 22.9 Å². The van der Waals surface area contributed by atoms with Crippen LogP contribution in [0.4, 0.5) is 9.93 Å². The molecular formula is C13H14ClN3O3S. The molecule has 2 amide bonds. The van der Waals surface area contributed by atoms with E-state index in [0.29, 0.717) is 23.0 Å². The number of carboxylic acids is 1. The van der Waals surface area contributed by atoms with Crippen molar-refractivity contribution in [3.8, 4) is 0 Å². The number of urea groups is 1. The van der Waals surface area contributed by atoms with Gasteiger partial charge in [0.2, 0.25) is 0 Å². The van der Waals surface area contributed by atoms with E-state index in [9.17, 15) is 9.59 Å². The largest absolute Gasteiger partial charge is 0.480 e. The fourth-order valence-corrected chi connectivity index (χ4v) is 2.93. The van der Waals surface area contributed by atoms with E-state index in [4.69, 9.17) is 16.7 Å². The van der Waals surface area contributed by atoms with Crippen molar-refractivity contribution in [2.75, 3.05) is 5.32 Å². The second-order valence-electron chi connectivity index (χ2n) is 4.41. The van der Waals surface area contributed by atoms with Gasteiger partial charge in [0.15, 0.2) is 5.13 Å². The van der Waals surface area contributed by atoms with Crippen LogP contribution < -0.4 is 10.6 Å². The van der Waals surface area contributed by atoms with Crippen LogP contribution in [0.3, 0.4) is 0 Å². The first-order valence-electron chi connectivity index (χ1n) is 6.36. The Morgan fingerprint density at radius 3 is 2.90 bits per heavy atom. The minimum Gasteiger partial charge on any atom is -0.480 e. The van der Waals surface area contributed by atoms with E-state index in [2.05, 4.69) is 15.6 Å². The summed E-state index contributed by atoms with van der Waals surface area (Å²) >= 11 is 7.16. The Bertz CT molecular complexity index is 674. The SMILES string of the molecule is CCC[C@@H](NC(=O)Nc1nc2ccc(Cl)cc2s1)C(=O)O. The van der Waals surface area contributed by atoms with E-state index in [0.717, 1.165) is 10.2 Å². The smallest absolute Gasteiger partial charge is 0.326 e. The molecule has 1 heterocycles. The molecule has 21 heavy (non-hydrogen) atoms. The molecule has 0 saturated heterocycles. The van der Waals surface area contributed by atoms with Crippen molar-refractivity contribution in [3.63, 3.8) is 0 Å². The Morgan fingerprint density at radius 2 is 2.24 bits per heavy atom. The lowest BCUT2D eigenvalue weighted by Crippen LogP contribution is -2.42. The Kier molecular flexibility index (Phi) is 4.98. The number of aliphatic carboxylic acids is 1. The zero-order valence-corrected chi connectivity index (χ0v) is 12.8. The summed E-state index contributed by atoms with van der Waals surface area (Å²) in [5.74, 6) is -1.05. The molecule has 0 aliphatic heterocycles. The van der Waals surface area contributed by atoms with Crippen LogP contribution in [-0.4, -0.2) is 28.1 Å². The van der Waals surface area contributed by atoms with Crippen LogP contribution in [0.15, 0.2) is 18.2 Å². The number of thiazole rings is 1. The molecule has 0 aliphatic carbocycles. The van der Waals surface area contributed by atoms with Gasteiger partial charge in [-0.05, 0) is 24.6 Å². The third-order valence-corrected chi connectivity index (χ3v) is 3.92. The zero-order chi connectivity index (χ0) is 15.4. The Morgan fingerprint density at radius 1 is 1.48 bits per heavy atom. The van der Waals surface area contributed by atoms with Crippen molar-refractivity contribution in [1.82, 2.24) is 10.3 Å². The van der Waals surface area contributed by atoms with Gasteiger partial charge in [0.05, 0.1) is 10.2 Å². The van der Waals surface area contributed by atoms with Gasteiger partial charge in [-0.2, -0.15) is 0 Å². The number of fused-ring (bicyclic) bond motifs is 1. The minimum atomic E-state index is -1.05. The monoisotopic (exact) mass is 327 g/mol. The number of carbonyl (C=O) groups is 2. The lowest BCUT2D eigenvalue weighted by atomic mass is 10.2. The minimum absolute atomic E-state index is 0.373. The summed E-state index contributed by atoms with van der Waals surface area (Å²) in [6.45, 7) is 1.85. The van der Waals surface area contributed by atoms with Crippen molar-refractivity contribution < 1.29 is 14.7 Å². The maximum atomic E-state index is 11.8. The highest BCUT2D eigenvalue weighted by Gasteiger charge is 2.19. The Hall–Kier alpha value is -1.86. The molecule has 0 radical (unpaired) electrons. The van der Waals surface area contributed by atoms with Crippen LogP contribution in [0.1, 0.15) is 19.8 Å². The van der Waals surface area contributed by atoms with E-state index in [-0.39, 0.29) is 0 Å². The molecule has 0 aliphatic rings. The van der Waals surface area contributed by atoms with Crippen molar-refractivity contribution in [2.45, 2.75) is 25.8 Å². The second-order valence-corrected chi connectivity index (χ2v) is 5.88. The molecular weight excluding hydrogens is 314 g/mol. The Balaban J connectivity index is 2.05. The predicted molar refractivity (Wildman–Crippen MR) is 83.1 cm³/mol. The number of amides is 2. The molecule has 6 nitrogen and oxygen atoms in total. The zero-order valence-electron chi connectivity index (χ0n) is 11.2. The first kappa shape index (κ1) is 15.5. The summed E-state index contributed by atoms with van der Waals surface area (Å²) in [7, 11) is 0. The van der Waals surface area contributed by atoms with Gasteiger partial charge in [0, 0.05) is 5.02 Å². The summed E-state index contributed by atoms with van der Waals surface area (Å²) < 4.78 is 0.848. The van der Waals surface area contributed by atoms with Crippen LogP contribution in [0.5, 0.6) is 0 Å². The number of aromatic nitrogens is 1. The molecule has 0 unspecified atom stereocenters. The number of nitrogens with one attached hydrogen (secondary N) is 2. The van der Waals surface area contributed by atoms with E-state index in [1.807, 2.05) is 6.92 Å². The number of carboxylic acid groups (broad SMARTS) is 1. The normalized spacial score (nSPS) is 12.1.